The minimum atomic E-state index is 0.484. The van der Waals surface area contributed by atoms with Gasteiger partial charge in [-0.15, -0.1) is 0 Å². The van der Waals surface area contributed by atoms with Gasteiger partial charge in [-0.05, 0) is 24.3 Å². The van der Waals surface area contributed by atoms with Crippen LogP contribution in [0.15, 0.2) is 24.3 Å². The molecule has 0 aliphatic carbocycles. The summed E-state index contributed by atoms with van der Waals surface area (Å²) in [6.07, 6.45) is 2.02. The number of ether oxygens (including phenoxy) is 1. The van der Waals surface area contributed by atoms with Gasteiger partial charge in [0, 0.05) is 5.56 Å². The van der Waals surface area contributed by atoms with Crippen LogP contribution in [0.1, 0.15) is 5.56 Å². The Balaban J connectivity index is 2.79. The number of thiocarbonyl (C=S) groups is 1. The van der Waals surface area contributed by atoms with Gasteiger partial charge in [-0.3, -0.25) is 5.41 Å². The third-order valence-electron chi connectivity index (χ3n) is 1.53. The van der Waals surface area contributed by atoms with Crippen molar-refractivity contribution in [1.29, 1.82) is 5.41 Å². The lowest BCUT2D eigenvalue weighted by Crippen LogP contribution is -2.19. The highest BCUT2D eigenvalue weighted by Crippen LogP contribution is 2.11. The lowest BCUT2D eigenvalue weighted by molar-refractivity contribution is 0.415. The van der Waals surface area contributed by atoms with Crippen LogP contribution in [0.2, 0.25) is 0 Å². The number of nitrogens with one attached hydrogen (secondary N) is 2. The van der Waals surface area contributed by atoms with Gasteiger partial charge >= 0.3 is 0 Å². The molecule has 0 saturated carbocycles. The van der Waals surface area contributed by atoms with Crippen molar-refractivity contribution in [2.75, 3.05) is 7.11 Å². The van der Waals surface area contributed by atoms with Crippen LogP contribution in [0.5, 0.6) is 5.75 Å². The topological polar surface area (TPSA) is 45.1 Å². The highest BCUT2D eigenvalue weighted by atomic mass is 32.1. The molecule has 67 valence electrons. The molecule has 0 unspecified atom stereocenters. The second-order valence-corrected chi connectivity index (χ2v) is 2.72. The average Bonchev–Trinajstić information content (AvgIpc) is 2.18. The summed E-state index contributed by atoms with van der Waals surface area (Å²) in [5.41, 5.74) is 0.843. The first-order valence-electron chi connectivity index (χ1n) is 3.64. The standard InChI is InChI=1S/C9H9N2OS/c1-12-8-4-2-7(3-5-8)9(13)11-6-10/h2-5H,1H3,(H2,10,11,13). The summed E-state index contributed by atoms with van der Waals surface area (Å²) < 4.78 is 4.99. The van der Waals surface area contributed by atoms with E-state index in [-0.39, 0.29) is 0 Å². The smallest absolute Gasteiger partial charge is 0.166 e. The fourth-order valence-electron chi connectivity index (χ4n) is 0.871. The summed E-state index contributed by atoms with van der Waals surface area (Å²) in [4.78, 5) is 0.484. The summed E-state index contributed by atoms with van der Waals surface area (Å²) in [5, 5.41) is 9.19. The van der Waals surface area contributed by atoms with Gasteiger partial charge in [0.2, 0.25) is 0 Å². The van der Waals surface area contributed by atoms with E-state index in [2.05, 4.69) is 5.32 Å². The quantitative estimate of drug-likeness (QED) is 0.330. The van der Waals surface area contributed by atoms with Crippen LogP contribution in [-0.2, 0) is 0 Å². The van der Waals surface area contributed by atoms with Gasteiger partial charge in [0.05, 0.1) is 7.11 Å². The lowest BCUT2D eigenvalue weighted by Gasteiger charge is -2.03. The minimum absolute atomic E-state index is 0.484. The molecule has 0 fully saturated rings. The first-order chi connectivity index (χ1) is 6.27. The number of methoxy groups -OCH3 is 1. The molecule has 1 radical (unpaired) electrons. The van der Waals surface area contributed by atoms with E-state index in [4.69, 9.17) is 22.4 Å². The highest BCUT2D eigenvalue weighted by Gasteiger charge is 1.98. The molecule has 0 atom stereocenters. The van der Waals surface area contributed by atoms with E-state index in [1.165, 1.54) is 0 Å². The van der Waals surface area contributed by atoms with Gasteiger partial charge in [0.15, 0.2) is 6.34 Å². The molecular formula is C9H9N2OS. The first kappa shape index (κ1) is 9.67. The summed E-state index contributed by atoms with van der Waals surface area (Å²) in [6, 6.07) is 7.28. The zero-order chi connectivity index (χ0) is 9.68. The van der Waals surface area contributed by atoms with E-state index in [0.29, 0.717) is 4.99 Å². The Kier molecular flexibility index (Phi) is 3.40. The monoisotopic (exact) mass is 193 g/mol. The summed E-state index contributed by atoms with van der Waals surface area (Å²) in [7, 11) is 1.61. The van der Waals surface area contributed by atoms with Crippen LogP contribution < -0.4 is 10.1 Å². The molecule has 3 nitrogen and oxygen atoms in total. The molecule has 4 heteroatoms. The molecule has 0 aromatic heterocycles. The van der Waals surface area contributed by atoms with Crippen LogP contribution in [0.25, 0.3) is 0 Å². The Hall–Kier alpha value is -1.42. The van der Waals surface area contributed by atoms with Crippen molar-refractivity contribution in [3.05, 3.63) is 29.8 Å². The molecule has 0 amide bonds. The van der Waals surface area contributed by atoms with Crippen molar-refractivity contribution < 1.29 is 4.74 Å². The molecule has 1 aromatic carbocycles. The largest absolute Gasteiger partial charge is 0.497 e. The zero-order valence-corrected chi connectivity index (χ0v) is 7.94. The van der Waals surface area contributed by atoms with Gasteiger partial charge in [0.1, 0.15) is 10.7 Å². The molecule has 0 spiro atoms. The predicted molar refractivity (Wildman–Crippen MR) is 55.6 cm³/mol. The normalized spacial score (nSPS) is 9.00. The maximum absolute atomic E-state index is 6.69. The average molecular weight is 193 g/mol. The van der Waals surface area contributed by atoms with Crippen LogP contribution in [0.3, 0.4) is 0 Å². The van der Waals surface area contributed by atoms with Crippen molar-refractivity contribution in [3.8, 4) is 5.75 Å². The summed E-state index contributed by atoms with van der Waals surface area (Å²) in [6.45, 7) is 0. The number of hydrogen-bond donors (Lipinski definition) is 2. The van der Waals surface area contributed by atoms with E-state index in [1.807, 2.05) is 30.6 Å². The maximum atomic E-state index is 6.69. The first-order valence-corrected chi connectivity index (χ1v) is 4.05. The second-order valence-electron chi connectivity index (χ2n) is 2.31. The molecule has 1 rings (SSSR count). The van der Waals surface area contributed by atoms with E-state index in [0.717, 1.165) is 11.3 Å². The van der Waals surface area contributed by atoms with Crippen molar-refractivity contribution in [3.63, 3.8) is 0 Å². The van der Waals surface area contributed by atoms with Crippen molar-refractivity contribution in [1.82, 2.24) is 5.32 Å². The fraction of sp³-hybridized carbons (Fsp3) is 0.111. The molecule has 2 N–H and O–H groups in total. The molecule has 0 aliphatic heterocycles. The predicted octanol–water partition coefficient (Wildman–Crippen LogP) is 1.44. The molecule has 0 bridgehead atoms. The molecular weight excluding hydrogens is 184 g/mol. The van der Waals surface area contributed by atoms with Gasteiger partial charge in [-0.1, -0.05) is 12.2 Å². The zero-order valence-electron chi connectivity index (χ0n) is 7.13. The Morgan fingerprint density at radius 3 is 2.54 bits per heavy atom. The third kappa shape index (κ3) is 2.52. The number of rotatable bonds is 3. The van der Waals surface area contributed by atoms with Crippen molar-refractivity contribution >= 4 is 23.5 Å². The molecule has 1 aromatic rings. The van der Waals surface area contributed by atoms with Crippen LogP contribution in [0, 0.1) is 5.41 Å². The molecule has 13 heavy (non-hydrogen) atoms. The van der Waals surface area contributed by atoms with E-state index in [9.17, 15) is 0 Å². The van der Waals surface area contributed by atoms with Crippen molar-refractivity contribution in [2.24, 2.45) is 0 Å². The SMILES string of the molecule is COc1ccc(C(=S)N[C]=N)cc1. The van der Waals surface area contributed by atoms with Gasteiger partial charge in [-0.2, -0.15) is 0 Å². The lowest BCUT2D eigenvalue weighted by atomic mass is 10.2. The molecule has 0 heterocycles. The maximum Gasteiger partial charge on any atom is 0.166 e. The number of benzene rings is 1. The Labute approximate surface area is 82.2 Å². The summed E-state index contributed by atoms with van der Waals surface area (Å²) in [5.74, 6) is 0.783. The van der Waals surface area contributed by atoms with E-state index >= 15 is 0 Å². The highest BCUT2D eigenvalue weighted by molar-refractivity contribution is 7.80. The number of hydrogen-bond acceptors (Lipinski definition) is 3. The Bertz CT molecular complexity index is 308. The molecule has 0 aliphatic rings. The Morgan fingerprint density at radius 1 is 1.46 bits per heavy atom. The molecule has 0 saturated heterocycles. The van der Waals surface area contributed by atoms with E-state index < -0.39 is 0 Å². The fourth-order valence-corrected chi connectivity index (χ4v) is 1.06. The van der Waals surface area contributed by atoms with Gasteiger partial charge < -0.3 is 10.1 Å². The second kappa shape index (κ2) is 4.57. The van der Waals surface area contributed by atoms with Gasteiger partial charge in [-0.25, -0.2) is 0 Å². The van der Waals surface area contributed by atoms with E-state index in [1.54, 1.807) is 7.11 Å². The Morgan fingerprint density at radius 2 is 2.08 bits per heavy atom. The van der Waals surface area contributed by atoms with Crippen LogP contribution in [0.4, 0.5) is 0 Å². The van der Waals surface area contributed by atoms with Crippen LogP contribution >= 0.6 is 12.2 Å². The van der Waals surface area contributed by atoms with Gasteiger partial charge in [0.25, 0.3) is 0 Å². The minimum Gasteiger partial charge on any atom is -0.497 e. The van der Waals surface area contributed by atoms with Crippen molar-refractivity contribution in [2.45, 2.75) is 0 Å². The third-order valence-corrected chi connectivity index (χ3v) is 1.87. The van der Waals surface area contributed by atoms with Crippen LogP contribution in [-0.4, -0.2) is 18.4 Å². The summed E-state index contributed by atoms with van der Waals surface area (Å²) >= 11 is 4.96.